The molecule has 4 N–H and O–H groups in total. The highest BCUT2D eigenvalue weighted by Crippen LogP contribution is 2.11. The Balaban J connectivity index is 0.000000251. The molecule has 4 amide bonds. The number of benzene rings is 2. The molecule has 2 aromatic carbocycles. The van der Waals surface area contributed by atoms with Crippen LogP contribution in [0.1, 0.15) is 30.4 Å². The minimum atomic E-state index is -0.342. The number of carbonyl (C=O) groups excluding carboxylic acids is 4. The fourth-order valence-electron chi connectivity index (χ4n) is 4.01. The van der Waals surface area contributed by atoms with Crippen LogP contribution < -0.4 is 11.5 Å². The van der Waals surface area contributed by atoms with E-state index in [2.05, 4.69) is 21.7 Å². The number of piperidine rings is 1. The first-order valence-corrected chi connectivity index (χ1v) is 14.7. The molecule has 2 aliphatic rings. The van der Waals surface area contributed by atoms with E-state index in [4.69, 9.17) is 15.2 Å². The van der Waals surface area contributed by atoms with Crippen molar-refractivity contribution >= 4 is 39.9 Å². The second kappa shape index (κ2) is 19.4. The monoisotopic (exact) mass is 633 g/mol. The van der Waals surface area contributed by atoms with E-state index in [1.165, 1.54) is 6.42 Å². The lowest BCUT2D eigenvalue weighted by molar-refractivity contribution is -0.119. The Morgan fingerprint density at radius 2 is 1.05 bits per heavy atom. The number of hydrogen-bond acceptors (Lipinski definition) is 7. The summed E-state index contributed by atoms with van der Waals surface area (Å²) in [5.41, 5.74) is 11.8. The van der Waals surface area contributed by atoms with Gasteiger partial charge in [0.2, 0.25) is 11.8 Å². The van der Waals surface area contributed by atoms with Crippen molar-refractivity contribution in [2.75, 3.05) is 51.1 Å². The maximum absolute atomic E-state index is 11.9. The highest BCUT2D eigenvalue weighted by atomic mass is 79.9. The third kappa shape index (κ3) is 14.5. The molecular formula is C29H40BrN5O6. The predicted octanol–water partition coefficient (Wildman–Crippen LogP) is 3.10. The van der Waals surface area contributed by atoms with Crippen molar-refractivity contribution in [2.24, 2.45) is 11.5 Å². The molecule has 224 valence electrons. The van der Waals surface area contributed by atoms with Crippen LogP contribution in [-0.4, -0.2) is 89.8 Å². The van der Waals surface area contributed by atoms with Gasteiger partial charge >= 0.3 is 12.2 Å². The number of carbonyl (C=O) groups is 4. The van der Waals surface area contributed by atoms with Gasteiger partial charge in [0.15, 0.2) is 0 Å². The van der Waals surface area contributed by atoms with Gasteiger partial charge in [-0.3, -0.25) is 14.5 Å². The summed E-state index contributed by atoms with van der Waals surface area (Å²) in [6.07, 6.45) is 2.93. The average Bonchev–Trinajstić information content (AvgIpc) is 3.01. The molecule has 0 aliphatic carbocycles. The van der Waals surface area contributed by atoms with Crippen LogP contribution in [0.3, 0.4) is 0 Å². The Kier molecular flexibility index (Phi) is 15.9. The normalized spacial score (nSPS) is 14.9. The van der Waals surface area contributed by atoms with Gasteiger partial charge in [-0.25, -0.2) is 9.59 Å². The van der Waals surface area contributed by atoms with Crippen molar-refractivity contribution in [3.8, 4) is 0 Å². The van der Waals surface area contributed by atoms with Crippen molar-refractivity contribution in [2.45, 2.75) is 32.5 Å². The van der Waals surface area contributed by atoms with Crippen LogP contribution in [0.4, 0.5) is 9.59 Å². The number of likely N-dealkylation sites (tertiary alicyclic amines) is 1. The maximum atomic E-state index is 11.9. The number of nitrogens with two attached hydrogens (primary N) is 2. The van der Waals surface area contributed by atoms with Crippen LogP contribution in [0.15, 0.2) is 60.7 Å². The minimum Gasteiger partial charge on any atom is -0.445 e. The van der Waals surface area contributed by atoms with Gasteiger partial charge in [-0.1, -0.05) is 76.6 Å². The molecule has 0 atom stereocenters. The molecule has 0 unspecified atom stereocenters. The number of piperazine rings is 1. The average molecular weight is 635 g/mol. The lowest BCUT2D eigenvalue weighted by Gasteiger charge is -2.33. The van der Waals surface area contributed by atoms with Gasteiger partial charge in [0.05, 0.1) is 11.9 Å². The van der Waals surface area contributed by atoms with Crippen LogP contribution in [0.2, 0.25) is 0 Å². The van der Waals surface area contributed by atoms with Gasteiger partial charge in [-0.05, 0) is 30.4 Å². The number of nitrogens with zero attached hydrogens (tertiary/aromatic N) is 3. The fraction of sp³-hybridized carbons (Fsp3) is 0.448. The highest BCUT2D eigenvalue weighted by Gasteiger charge is 2.22. The first-order chi connectivity index (χ1) is 19.8. The van der Waals surface area contributed by atoms with E-state index >= 15 is 0 Å². The van der Waals surface area contributed by atoms with Gasteiger partial charge < -0.3 is 30.7 Å². The summed E-state index contributed by atoms with van der Waals surface area (Å²) < 4.78 is 10.5. The molecule has 2 heterocycles. The molecule has 0 spiro atoms. The van der Waals surface area contributed by atoms with Crippen molar-refractivity contribution in [3.05, 3.63) is 71.8 Å². The Morgan fingerprint density at radius 3 is 1.44 bits per heavy atom. The number of primary amides is 2. The van der Waals surface area contributed by atoms with E-state index in [-0.39, 0.29) is 42.5 Å². The van der Waals surface area contributed by atoms with E-state index in [0.29, 0.717) is 32.8 Å². The zero-order chi connectivity index (χ0) is 29.9. The summed E-state index contributed by atoms with van der Waals surface area (Å²) in [6.45, 7) is 4.97. The van der Waals surface area contributed by atoms with Gasteiger partial charge in [0, 0.05) is 39.3 Å². The molecule has 2 aliphatic heterocycles. The molecular weight excluding hydrogens is 594 g/mol. The number of amides is 4. The van der Waals surface area contributed by atoms with Crippen molar-refractivity contribution in [1.29, 1.82) is 0 Å². The van der Waals surface area contributed by atoms with Gasteiger partial charge in [-0.15, -0.1) is 0 Å². The predicted molar refractivity (Wildman–Crippen MR) is 159 cm³/mol. The number of hydrogen-bond donors (Lipinski definition) is 2. The molecule has 2 fully saturated rings. The van der Waals surface area contributed by atoms with E-state index in [1.807, 2.05) is 65.6 Å². The van der Waals surface area contributed by atoms with Gasteiger partial charge in [0.25, 0.3) is 0 Å². The van der Waals surface area contributed by atoms with E-state index in [0.717, 1.165) is 37.1 Å². The standard InChI is InChI=1S/C14H19N3O3.C13H17NO2.C2H4BrNO/c15-13(18)10-16-6-8-17(9-7-16)14(19)20-11-12-4-2-1-3-5-12;15-13(14-9-5-2-6-10-14)16-11-12-7-3-1-4-8-12;3-1-2(4)5/h1-5H,6-11H2,(H2,15,18);1,3-4,7-8H,2,5-6,9-11H2;1H2,(H2,4,5). The van der Waals surface area contributed by atoms with Crippen LogP contribution in [0, 0.1) is 0 Å². The Hall–Kier alpha value is -3.64. The Labute approximate surface area is 249 Å². The van der Waals surface area contributed by atoms with Gasteiger partial charge in [-0.2, -0.15) is 0 Å². The number of alkyl halides is 1. The Bertz CT molecular complexity index is 1060. The van der Waals surface area contributed by atoms with Crippen molar-refractivity contribution < 1.29 is 28.7 Å². The Morgan fingerprint density at radius 1 is 0.634 bits per heavy atom. The van der Waals surface area contributed by atoms with Crippen LogP contribution in [0.5, 0.6) is 0 Å². The molecule has 12 heteroatoms. The lowest BCUT2D eigenvalue weighted by atomic mass is 10.1. The maximum Gasteiger partial charge on any atom is 0.410 e. The molecule has 41 heavy (non-hydrogen) atoms. The minimum absolute atomic E-state index is 0.177. The second-order valence-corrected chi connectivity index (χ2v) is 10.0. The first-order valence-electron chi connectivity index (χ1n) is 13.5. The molecule has 0 radical (unpaired) electrons. The molecule has 4 rings (SSSR count). The topological polar surface area (TPSA) is 148 Å². The summed E-state index contributed by atoms with van der Waals surface area (Å²) in [7, 11) is 0. The molecule has 11 nitrogen and oxygen atoms in total. The van der Waals surface area contributed by atoms with Crippen molar-refractivity contribution in [3.63, 3.8) is 0 Å². The van der Waals surface area contributed by atoms with Gasteiger partial charge in [0.1, 0.15) is 13.2 Å². The van der Waals surface area contributed by atoms with Crippen molar-refractivity contribution in [1.82, 2.24) is 14.7 Å². The molecule has 0 aromatic heterocycles. The second-order valence-electron chi connectivity index (χ2n) is 9.46. The number of rotatable bonds is 7. The summed E-state index contributed by atoms with van der Waals surface area (Å²) >= 11 is 2.84. The SMILES string of the molecule is NC(=O)CBr.NC(=O)CN1CCN(C(=O)OCc2ccccc2)CC1.O=C(OCc1ccccc1)N1CCCCC1. The highest BCUT2D eigenvalue weighted by molar-refractivity contribution is 9.09. The summed E-state index contributed by atoms with van der Waals surface area (Å²) in [6, 6.07) is 19.3. The molecule has 0 bridgehead atoms. The first kappa shape index (κ1) is 33.6. The van der Waals surface area contributed by atoms with Crippen LogP contribution in [-0.2, 0) is 32.3 Å². The summed E-state index contributed by atoms with van der Waals surface area (Å²) in [5.74, 6) is -0.671. The zero-order valence-electron chi connectivity index (χ0n) is 23.3. The van der Waals surface area contributed by atoms with E-state index < -0.39 is 0 Å². The zero-order valence-corrected chi connectivity index (χ0v) is 24.9. The largest absolute Gasteiger partial charge is 0.445 e. The summed E-state index contributed by atoms with van der Waals surface area (Å²) in [4.78, 5) is 49.3. The lowest BCUT2D eigenvalue weighted by Crippen LogP contribution is -2.50. The number of halogens is 1. The third-order valence-corrected chi connectivity index (χ3v) is 6.72. The van der Waals surface area contributed by atoms with E-state index in [9.17, 15) is 19.2 Å². The molecule has 0 saturated carbocycles. The smallest absolute Gasteiger partial charge is 0.410 e. The van der Waals surface area contributed by atoms with E-state index in [1.54, 1.807) is 9.80 Å². The third-order valence-electron chi connectivity index (χ3n) is 6.17. The quantitative estimate of drug-likeness (QED) is 0.445. The van der Waals surface area contributed by atoms with Crippen LogP contribution >= 0.6 is 15.9 Å². The fourth-order valence-corrected chi connectivity index (χ4v) is 4.01. The number of ether oxygens (including phenoxy) is 2. The summed E-state index contributed by atoms with van der Waals surface area (Å²) in [5, 5.41) is 0.257. The molecule has 2 saturated heterocycles. The molecule has 2 aromatic rings. The van der Waals surface area contributed by atoms with Crippen LogP contribution in [0.25, 0.3) is 0 Å².